The molecule has 5 nitrogen and oxygen atoms in total. The minimum absolute atomic E-state index is 0. The smallest absolute Gasteiger partial charge is 0.148 e. The number of pyridine rings is 1. The van der Waals surface area contributed by atoms with E-state index >= 15 is 0 Å². The summed E-state index contributed by atoms with van der Waals surface area (Å²) in [6, 6.07) is 65.4. The van der Waals surface area contributed by atoms with Gasteiger partial charge in [0.1, 0.15) is 11.6 Å². The molecule has 0 spiro atoms. The summed E-state index contributed by atoms with van der Waals surface area (Å²) in [5.74, 6) is 0.723. The zero-order valence-electron chi connectivity index (χ0n) is 42.5. The van der Waals surface area contributed by atoms with Crippen molar-refractivity contribution < 1.29 is 30.3 Å². The van der Waals surface area contributed by atoms with E-state index in [4.69, 9.17) is 14.1 Å². The Morgan fingerprint density at radius 3 is 1.96 bits per heavy atom. The first-order chi connectivity index (χ1) is 34.0. The Balaban J connectivity index is 0.00000596. The summed E-state index contributed by atoms with van der Waals surface area (Å²) in [5.41, 5.74) is 15.6. The predicted octanol–water partition coefficient (Wildman–Crippen LogP) is 16.3. The van der Waals surface area contributed by atoms with Gasteiger partial charge in [-0.25, -0.2) is 4.98 Å². The number of rotatable bonds is 7. The van der Waals surface area contributed by atoms with Crippen LogP contribution in [-0.4, -0.2) is 24.2 Å². The molecular formula is C63H53N4OPt-. The summed E-state index contributed by atoms with van der Waals surface area (Å²) in [6.45, 7) is 11.2. The third-order valence-electron chi connectivity index (χ3n) is 13.2. The average molecular weight is 1080 g/mol. The summed E-state index contributed by atoms with van der Waals surface area (Å²) in [5, 5.41) is 14.6. The quantitative estimate of drug-likeness (QED) is 0.162. The van der Waals surface area contributed by atoms with Gasteiger partial charge in [0.05, 0.1) is 33.3 Å². The van der Waals surface area contributed by atoms with Crippen LogP contribution in [0.15, 0.2) is 188 Å². The molecule has 0 unspecified atom stereocenters. The fourth-order valence-corrected chi connectivity index (χ4v) is 9.53. The molecular weight excluding hydrogens is 1020 g/mol. The standard InChI is InChI=1S/C63H53N4O.Pt/c1-40-25-27-41(28-26-40)43-31-32-64-54(36-43)45-33-44(34-47(35-45)63(5,6)7)49-22-16-24-57-60(49)65-61(67(57)56-30-29-46(62(2,3)4)37-51(56)42-17-10-8-11-18-42)53-38-52-50-21-14-15-23-55(50)66(58(52)39-59(53)68)48-19-12-9-13-20-48;/h8-32,34-39,68H,1-7H3;/q-1;/i1D3;. The van der Waals surface area contributed by atoms with Gasteiger partial charge in [-0.3, -0.25) is 9.55 Å². The van der Waals surface area contributed by atoms with Gasteiger partial charge in [0.15, 0.2) is 0 Å². The van der Waals surface area contributed by atoms with E-state index in [0.717, 1.165) is 94.4 Å². The van der Waals surface area contributed by atoms with Gasteiger partial charge in [0, 0.05) is 65.2 Å². The first-order valence-corrected chi connectivity index (χ1v) is 23.2. The van der Waals surface area contributed by atoms with Gasteiger partial charge in [-0.1, -0.05) is 173 Å². The largest absolute Gasteiger partial charge is 0.507 e. The van der Waals surface area contributed by atoms with Crippen LogP contribution >= 0.6 is 0 Å². The number of aryl methyl sites for hydroxylation is 1. The molecule has 0 aliphatic heterocycles. The molecule has 0 bridgehead atoms. The van der Waals surface area contributed by atoms with Crippen molar-refractivity contribution in [3.05, 3.63) is 211 Å². The first kappa shape index (κ1) is 41.8. The zero-order chi connectivity index (χ0) is 49.4. The Morgan fingerprint density at radius 2 is 1.22 bits per heavy atom. The van der Waals surface area contributed by atoms with E-state index in [1.165, 1.54) is 5.56 Å². The summed E-state index contributed by atoms with van der Waals surface area (Å²) in [6.07, 6.45) is 1.80. The maximum Gasteiger partial charge on any atom is 0.148 e. The molecule has 0 amide bonds. The Bertz CT molecular complexity index is 3820. The fourth-order valence-electron chi connectivity index (χ4n) is 9.53. The first-order valence-electron chi connectivity index (χ1n) is 24.7. The molecule has 0 fully saturated rings. The maximum absolute atomic E-state index is 12.5. The fraction of sp³-hybridized carbons (Fsp3) is 0.143. The topological polar surface area (TPSA) is 55.9 Å². The molecule has 3 heterocycles. The third-order valence-corrected chi connectivity index (χ3v) is 13.2. The number of hydrogen-bond acceptors (Lipinski definition) is 3. The van der Waals surface area contributed by atoms with Crippen LogP contribution in [0.25, 0.3) is 100 Å². The number of para-hydroxylation sites is 3. The van der Waals surface area contributed by atoms with Gasteiger partial charge in [-0.15, -0.1) is 29.3 Å². The van der Waals surface area contributed by atoms with Crippen molar-refractivity contribution in [2.45, 2.75) is 59.2 Å². The Morgan fingerprint density at radius 1 is 0.522 bits per heavy atom. The van der Waals surface area contributed by atoms with Crippen molar-refractivity contribution in [3.63, 3.8) is 0 Å². The number of phenols is 1. The Kier molecular flexibility index (Phi) is 10.7. The van der Waals surface area contributed by atoms with Crippen LogP contribution in [0.5, 0.6) is 5.75 Å². The van der Waals surface area contributed by atoms with Gasteiger partial charge in [0.2, 0.25) is 0 Å². The van der Waals surface area contributed by atoms with Gasteiger partial charge in [-0.2, -0.15) is 0 Å². The van der Waals surface area contributed by atoms with E-state index < -0.39 is 6.85 Å². The molecule has 6 heteroatoms. The van der Waals surface area contributed by atoms with Crippen LogP contribution < -0.4 is 0 Å². The molecule has 11 aromatic rings. The molecule has 8 aromatic carbocycles. The number of aromatic hydroxyl groups is 1. The molecule has 69 heavy (non-hydrogen) atoms. The number of phenolic OH excluding ortho intramolecular Hbond substituents is 1. The molecule has 0 radical (unpaired) electrons. The summed E-state index contributed by atoms with van der Waals surface area (Å²) in [7, 11) is 0. The van der Waals surface area contributed by atoms with Gasteiger partial charge in [-0.05, 0) is 88.5 Å². The van der Waals surface area contributed by atoms with Gasteiger partial charge < -0.3 is 9.67 Å². The second kappa shape index (κ2) is 17.6. The SMILES string of the molecule is [2H]C([2H])([2H])c1ccc(-c2ccnc(-c3[c-]c(-c4cccc5c4nc(-c4cc6c7ccccc7n(-c7ccccc7)c6cc4O)n5-c4ccc(C(C)(C)C)cc4-c4ccccc4)cc(C(C)(C)C)c3)c2)cc1.[Pt]. The third kappa shape index (κ3) is 8.29. The van der Waals surface area contributed by atoms with E-state index in [1.807, 2.05) is 54.6 Å². The number of aromatic nitrogens is 4. The van der Waals surface area contributed by atoms with E-state index in [9.17, 15) is 5.11 Å². The van der Waals surface area contributed by atoms with Crippen molar-refractivity contribution in [1.82, 2.24) is 19.1 Å². The molecule has 0 saturated carbocycles. The number of benzene rings is 8. The molecule has 0 aliphatic carbocycles. The molecule has 3 aromatic heterocycles. The minimum atomic E-state index is -2.18. The molecule has 1 N–H and O–H groups in total. The van der Waals surface area contributed by atoms with E-state index in [1.54, 1.807) is 18.3 Å². The molecule has 0 atom stereocenters. The molecule has 11 rings (SSSR count). The second-order valence-corrected chi connectivity index (χ2v) is 19.8. The van der Waals surface area contributed by atoms with Crippen LogP contribution in [0.1, 0.15) is 62.3 Å². The van der Waals surface area contributed by atoms with Crippen LogP contribution in [0.2, 0.25) is 0 Å². The van der Waals surface area contributed by atoms with Crippen molar-refractivity contribution in [2.75, 3.05) is 0 Å². The van der Waals surface area contributed by atoms with Crippen molar-refractivity contribution >= 4 is 32.8 Å². The van der Waals surface area contributed by atoms with Crippen molar-refractivity contribution in [3.8, 4) is 73.2 Å². The van der Waals surface area contributed by atoms with Crippen LogP contribution in [0.4, 0.5) is 0 Å². The van der Waals surface area contributed by atoms with E-state index in [2.05, 4.69) is 172 Å². The Hall–Kier alpha value is -7.33. The maximum atomic E-state index is 12.5. The summed E-state index contributed by atoms with van der Waals surface area (Å²) < 4.78 is 28.1. The van der Waals surface area contributed by atoms with Gasteiger partial charge >= 0.3 is 0 Å². The zero-order valence-corrected chi connectivity index (χ0v) is 41.7. The van der Waals surface area contributed by atoms with Crippen LogP contribution in [-0.2, 0) is 31.9 Å². The number of fused-ring (bicyclic) bond motifs is 4. The second-order valence-electron chi connectivity index (χ2n) is 19.8. The minimum Gasteiger partial charge on any atom is -0.507 e. The number of nitrogens with zero attached hydrogens (tertiary/aromatic N) is 4. The van der Waals surface area contributed by atoms with Crippen LogP contribution in [0.3, 0.4) is 0 Å². The average Bonchev–Trinajstić information content (AvgIpc) is 3.91. The normalized spacial score (nSPS) is 12.8. The van der Waals surface area contributed by atoms with Gasteiger partial charge in [0.25, 0.3) is 0 Å². The molecule has 0 saturated heterocycles. The predicted molar refractivity (Wildman–Crippen MR) is 283 cm³/mol. The molecule has 342 valence electrons. The Labute approximate surface area is 423 Å². The van der Waals surface area contributed by atoms with E-state index in [0.29, 0.717) is 17.0 Å². The summed E-state index contributed by atoms with van der Waals surface area (Å²) >= 11 is 0. The van der Waals surface area contributed by atoms with Crippen molar-refractivity contribution in [2.24, 2.45) is 0 Å². The number of imidazole rings is 1. The van der Waals surface area contributed by atoms with E-state index in [-0.39, 0.29) is 37.6 Å². The van der Waals surface area contributed by atoms with Crippen LogP contribution in [0, 0.1) is 12.9 Å². The molecule has 0 aliphatic rings. The number of hydrogen-bond donors (Lipinski definition) is 1. The monoisotopic (exact) mass is 1080 g/mol. The summed E-state index contributed by atoms with van der Waals surface area (Å²) in [4.78, 5) is 10.5. The van der Waals surface area contributed by atoms with Crippen molar-refractivity contribution in [1.29, 1.82) is 0 Å².